The number of benzene rings is 3. The number of ether oxygens (including phenoxy) is 2. The van der Waals surface area contributed by atoms with Gasteiger partial charge >= 0.3 is 5.97 Å². The number of pyridine rings is 1. The molecule has 0 aliphatic heterocycles. The van der Waals surface area contributed by atoms with Crippen molar-refractivity contribution in [3.8, 4) is 17.0 Å². The average molecular weight is 608 g/mol. The van der Waals surface area contributed by atoms with Gasteiger partial charge in [-0.15, -0.1) is 0 Å². The lowest BCUT2D eigenvalue weighted by Crippen LogP contribution is -2.31. The first-order valence-electron chi connectivity index (χ1n) is 13.2. The van der Waals surface area contributed by atoms with Gasteiger partial charge < -0.3 is 14.8 Å². The summed E-state index contributed by atoms with van der Waals surface area (Å²) in [6, 6.07) is 22.6. The van der Waals surface area contributed by atoms with E-state index in [1.807, 2.05) is 80.6 Å². The lowest BCUT2D eigenvalue weighted by molar-refractivity contribution is -0.158. The van der Waals surface area contributed by atoms with Gasteiger partial charge in [0, 0.05) is 34.3 Å². The van der Waals surface area contributed by atoms with Crippen LogP contribution in [0.4, 0.5) is 4.39 Å². The predicted octanol–water partition coefficient (Wildman–Crippen LogP) is 7.52. The number of alkyl halides is 1. The van der Waals surface area contributed by atoms with E-state index in [9.17, 15) is 14.0 Å². The molecular weight excluding hydrogens is 575 g/mol. The lowest BCUT2D eigenvalue weighted by atomic mass is 9.93. The zero-order valence-corrected chi connectivity index (χ0v) is 24.3. The van der Waals surface area contributed by atoms with E-state index >= 15 is 0 Å². The van der Waals surface area contributed by atoms with Crippen molar-refractivity contribution in [3.05, 3.63) is 94.0 Å². The summed E-state index contributed by atoms with van der Waals surface area (Å²) in [4.78, 5) is 31.4. The fourth-order valence-electron chi connectivity index (χ4n) is 4.78. The van der Waals surface area contributed by atoms with Crippen molar-refractivity contribution in [2.45, 2.75) is 45.4 Å². The number of rotatable bonds is 11. The van der Waals surface area contributed by atoms with E-state index < -0.39 is 18.2 Å². The molecule has 208 valence electrons. The molecule has 0 fully saturated rings. The maximum absolute atomic E-state index is 14.0. The molecule has 1 N–H and O–H groups in total. The van der Waals surface area contributed by atoms with Crippen molar-refractivity contribution in [2.75, 3.05) is 13.7 Å². The highest BCUT2D eigenvalue weighted by Gasteiger charge is 2.25. The fraction of sp³-hybridized carbons (Fsp3) is 0.281. The lowest BCUT2D eigenvalue weighted by Gasteiger charge is -2.21. The molecule has 0 saturated heterocycles. The van der Waals surface area contributed by atoms with Gasteiger partial charge in [0.2, 0.25) is 6.36 Å². The minimum atomic E-state index is -1.66. The molecule has 0 aliphatic rings. The first kappa shape index (κ1) is 29.2. The molecule has 0 bridgehead atoms. The number of fused-ring (bicyclic) bond motifs is 1. The molecule has 8 heteroatoms. The van der Waals surface area contributed by atoms with Gasteiger partial charge in [-0.3, -0.25) is 9.59 Å². The van der Waals surface area contributed by atoms with E-state index in [4.69, 9.17) is 14.5 Å². The molecule has 6 nitrogen and oxygen atoms in total. The molecule has 4 aromatic rings. The summed E-state index contributed by atoms with van der Waals surface area (Å²) in [7, 11) is 1.54. The summed E-state index contributed by atoms with van der Waals surface area (Å²) in [6.45, 7) is 3.81. The van der Waals surface area contributed by atoms with Crippen LogP contribution >= 0.6 is 15.9 Å². The molecule has 0 spiro atoms. The number of nitrogens with zero attached hydrogens (tertiary/aromatic N) is 1. The van der Waals surface area contributed by atoms with Crippen molar-refractivity contribution in [2.24, 2.45) is 0 Å². The second-order valence-corrected chi connectivity index (χ2v) is 10.4. The molecule has 3 aromatic carbocycles. The van der Waals surface area contributed by atoms with Crippen molar-refractivity contribution in [1.29, 1.82) is 0 Å². The van der Waals surface area contributed by atoms with E-state index in [0.29, 0.717) is 28.6 Å². The summed E-state index contributed by atoms with van der Waals surface area (Å²) in [6.07, 6.45) is -1.09. The van der Waals surface area contributed by atoms with Crippen LogP contribution in [0.25, 0.3) is 22.2 Å². The fourth-order valence-corrected chi connectivity index (χ4v) is 5.14. The number of halogens is 2. The first-order valence-corrected chi connectivity index (χ1v) is 14.0. The van der Waals surface area contributed by atoms with Crippen LogP contribution < -0.4 is 10.1 Å². The molecule has 4 rings (SSSR count). The number of esters is 1. The number of amides is 1. The van der Waals surface area contributed by atoms with Crippen molar-refractivity contribution < 1.29 is 23.5 Å². The van der Waals surface area contributed by atoms with Gasteiger partial charge in [-0.2, -0.15) is 0 Å². The van der Waals surface area contributed by atoms with Crippen LogP contribution in [0, 0.1) is 6.92 Å². The van der Waals surface area contributed by atoms with Gasteiger partial charge in [0.15, 0.2) is 0 Å². The number of carbonyl (C=O) groups is 2. The van der Waals surface area contributed by atoms with Crippen LogP contribution in [0.2, 0.25) is 0 Å². The molecule has 2 atom stereocenters. The predicted molar refractivity (Wildman–Crippen MR) is 158 cm³/mol. The SMILES string of the molecule is CCCC(F)OC(=O)CC(CNC(=O)c1c(C)c(-c2ccccc2)nc2ccc(Br)cc12)c1ccccc1OC. The van der Waals surface area contributed by atoms with E-state index in [1.165, 1.54) is 0 Å². The van der Waals surface area contributed by atoms with Gasteiger partial charge in [0.25, 0.3) is 5.91 Å². The summed E-state index contributed by atoms with van der Waals surface area (Å²) < 4.78 is 25.4. The number of para-hydroxylation sites is 1. The monoisotopic (exact) mass is 606 g/mol. The quantitative estimate of drug-likeness (QED) is 0.179. The van der Waals surface area contributed by atoms with Crippen LogP contribution in [0.1, 0.15) is 53.6 Å². The first-order chi connectivity index (χ1) is 19.3. The van der Waals surface area contributed by atoms with Crippen LogP contribution in [0.3, 0.4) is 0 Å². The Labute approximate surface area is 242 Å². The average Bonchev–Trinajstić information content (AvgIpc) is 2.95. The molecule has 1 aromatic heterocycles. The highest BCUT2D eigenvalue weighted by molar-refractivity contribution is 9.10. The summed E-state index contributed by atoms with van der Waals surface area (Å²) >= 11 is 3.51. The minimum absolute atomic E-state index is 0.108. The Balaban J connectivity index is 1.68. The Morgan fingerprint density at radius 1 is 1.05 bits per heavy atom. The van der Waals surface area contributed by atoms with Crippen molar-refractivity contribution >= 4 is 38.7 Å². The summed E-state index contributed by atoms with van der Waals surface area (Å²) in [5.74, 6) is -0.911. The number of hydrogen-bond donors (Lipinski definition) is 1. The van der Waals surface area contributed by atoms with E-state index in [1.54, 1.807) is 13.2 Å². The third kappa shape index (κ3) is 6.86. The van der Waals surface area contributed by atoms with Gasteiger partial charge in [0.1, 0.15) is 5.75 Å². The highest BCUT2D eigenvalue weighted by Crippen LogP contribution is 2.32. The van der Waals surface area contributed by atoms with Crippen molar-refractivity contribution in [3.63, 3.8) is 0 Å². The summed E-state index contributed by atoms with van der Waals surface area (Å²) in [5.41, 5.74) is 4.27. The van der Waals surface area contributed by atoms with Gasteiger partial charge in [-0.1, -0.05) is 71.4 Å². The second kappa shape index (κ2) is 13.5. The maximum Gasteiger partial charge on any atom is 0.309 e. The molecule has 1 heterocycles. The van der Waals surface area contributed by atoms with Crippen LogP contribution in [-0.4, -0.2) is 36.9 Å². The molecule has 40 heavy (non-hydrogen) atoms. The standard InChI is InChI=1S/C32H32BrFN2O4/c1-4-10-28(34)40-29(37)17-22(24-13-8-9-14-27(24)39-3)19-35-32(38)30-20(2)31(21-11-6-5-7-12-21)36-26-16-15-23(33)18-25(26)30/h5-9,11-16,18,22,28H,4,10,17,19H2,1-3H3,(H,35,38). The van der Waals surface area contributed by atoms with Crippen LogP contribution in [0.15, 0.2) is 77.3 Å². The maximum atomic E-state index is 14.0. The van der Waals surface area contributed by atoms with E-state index in [2.05, 4.69) is 21.2 Å². The van der Waals surface area contributed by atoms with Crippen LogP contribution in [0.5, 0.6) is 5.75 Å². The largest absolute Gasteiger partial charge is 0.496 e. The number of methoxy groups -OCH3 is 1. The molecule has 0 radical (unpaired) electrons. The Kier molecular flexibility index (Phi) is 9.88. The summed E-state index contributed by atoms with van der Waals surface area (Å²) in [5, 5.41) is 3.73. The molecule has 1 amide bonds. The zero-order chi connectivity index (χ0) is 28.6. The number of aromatic nitrogens is 1. The Morgan fingerprint density at radius 2 is 1.77 bits per heavy atom. The van der Waals surface area contributed by atoms with E-state index in [0.717, 1.165) is 26.9 Å². The van der Waals surface area contributed by atoms with Gasteiger partial charge in [-0.25, -0.2) is 9.37 Å². The Morgan fingerprint density at radius 3 is 2.50 bits per heavy atom. The number of nitrogens with one attached hydrogen (secondary N) is 1. The molecule has 2 unspecified atom stereocenters. The third-order valence-electron chi connectivity index (χ3n) is 6.74. The van der Waals surface area contributed by atoms with Gasteiger partial charge in [0.05, 0.1) is 30.3 Å². The van der Waals surface area contributed by atoms with Gasteiger partial charge in [-0.05, 0) is 48.7 Å². The minimum Gasteiger partial charge on any atom is -0.496 e. The Hall–Kier alpha value is -3.78. The normalized spacial score (nSPS) is 12.5. The molecule has 0 saturated carbocycles. The van der Waals surface area contributed by atoms with Crippen LogP contribution in [-0.2, 0) is 9.53 Å². The number of carbonyl (C=O) groups excluding carboxylic acids is 2. The van der Waals surface area contributed by atoms with E-state index in [-0.39, 0.29) is 25.3 Å². The van der Waals surface area contributed by atoms with Crippen molar-refractivity contribution in [1.82, 2.24) is 10.3 Å². The third-order valence-corrected chi connectivity index (χ3v) is 7.23. The topological polar surface area (TPSA) is 77.5 Å². The second-order valence-electron chi connectivity index (χ2n) is 9.53. The zero-order valence-electron chi connectivity index (χ0n) is 22.7. The molecule has 0 aliphatic carbocycles. The highest BCUT2D eigenvalue weighted by atomic mass is 79.9. The molecular formula is C32H32BrFN2O4. The smallest absolute Gasteiger partial charge is 0.309 e. The number of hydrogen-bond acceptors (Lipinski definition) is 5. The Bertz CT molecular complexity index is 1500.